The van der Waals surface area contributed by atoms with Crippen LogP contribution in [0, 0.1) is 5.92 Å². The van der Waals surface area contributed by atoms with Crippen LogP contribution in [0.5, 0.6) is 0 Å². The van der Waals surface area contributed by atoms with Gasteiger partial charge in [0.1, 0.15) is 0 Å². The van der Waals surface area contributed by atoms with Gasteiger partial charge in [0.2, 0.25) is 0 Å². The average molecular weight is 255 g/mol. The normalized spacial score (nSPS) is 30.0. The molecule has 0 aromatic heterocycles. The summed E-state index contributed by atoms with van der Waals surface area (Å²) in [6.07, 6.45) is 0.754. The van der Waals surface area contributed by atoms with Crippen LogP contribution >= 0.6 is 15.9 Å². The molecule has 3 heteroatoms. The van der Waals surface area contributed by atoms with E-state index < -0.39 is 5.97 Å². The van der Waals surface area contributed by atoms with Crippen molar-refractivity contribution in [2.24, 2.45) is 5.92 Å². The van der Waals surface area contributed by atoms with Crippen LogP contribution < -0.4 is 0 Å². The van der Waals surface area contributed by atoms with E-state index >= 15 is 0 Å². The first-order chi connectivity index (χ1) is 6.54. The highest BCUT2D eigenvalue weighted by molar-refractivity contribution is 9.10. The lowest BCUT2D eigenvalue weighted by molar-refractivity contribution is -0.138. The molecular formula is C11H11BrO2. The Kier molecular flexibility index (Phi) is 2.14. The van der Waals surface area contributed by atoms with E-state index in [0.717, 1.165) is 16.5 Å². The fourth-order valence-electron chi connectivity index (χ4n) is 1.87. The number of benzene rings is 1. The molecule has 2 atom stereocenters. The predicted molar refractivity (Wildman–Crippen MR) is 57.2 cm³/mol. The zero-order chi connectivity index (χ0) is 10.3. The molecular weight excluding hydrogens is 244 g/mol. The maximum Gasteiger partial charge on any atom is 0.307 e. The summed E-state index contributed by atoms with van der Waals surface area (Å²) in [6, 6.07) is 7.90. The van der Waals surface area contributed by atoms with Gasteiger partial charge in [-0.1, -0.05) is 35.0 Å². The molecule has 0 spiro atoms. The summed E-state index contributed by atoms with van der Waals surface area (Å²) >= 11 is 3.36. The van der Waals surface area contributed by atoms with Crippen molar-refractivity contribution in [3.63, 3.8) is 0 Å². The van der Waals surface area contributed by atoms with Crippen molar-refractivity contribution >= 4 is 21.9 Å². The van der Waals surface area contributed by atoms with Crippen molar-refractivity contribution in [3.8, 4) is 0 Å². The number of carbonyl (C=O) groups is 1. The molecule has 1 aromatic carbocycles. The van der Waals surface area contributed by atoms with Gasteiger partial charge in [-0.2, -0.15) is 0 Å². The molecule has 0 heterocycles. The maximum absolute atomic E-state index is 10.8. The molecule has 1 saturated carbocycles. The smallest absolute Gasteiger partial charge is 0.307 e. The van der Waals surface area contributed by atoms with Gasteiger partial charge in [0.15, 0.2) is 0 Å². The molecule has 14 heavy (non-hydrogen) atoms. The Morgan fingerprint density at radius 3 is 2.50 bits per heavy atom. The van der Waals surface area contributed by atoms with Crippen molar-refractivity contribution in [2.75, 3.05) is 0 Å². The van der Waals surface area contributed by atoms with Gasteiger partial charge in [0, 0.05) is 9.89 Å². The summed E-state index contributed by atoms with van der Waals surface area (Å²) < 4.78 is 1.03. The van der Waals surface area contributed by atoms with Crippen molar-refractivity contribution in [1.82, 2.24) is 0 Å². The summed E-state index contributed by atoms with van der Waals surface area (Å²) in [6.45, 7) is 2.01. The molecule has 1 aromatic rings. The van der Waals surface area contributed by atoms with Crippen LogP contribution in [-0.4, -0.2) is 11.1 Å². The highest BCUT2D eigenvalue weighted by atomic mass is 79.9. The monoisotopic (exact) mass is 254 g/mol. The third-order valence-corrected chi connectivity index (χ3v) is 3.57. The molecule has 1 aliphatic carbocycles. The number of carboxylic acid groups (broad SMARTS) is 1. The van der Waals surface area contributed by atoms with E-state index in [1.54, 1.807) is 0 Å². The number of aliphatic carboxylic acids is 1. The molecule has 1 N–H and O–H groups in total. The second-order valence-electron chi connectivity index (χ2n) is 4.02. The van der Waals surface area contributed by atoms with E-state index in [2.05, 4.69) is 15.9 Å². The van der Waals surface area contributed by atoms with Crippen LogP contribution in [-0.2, 0) is 10.2 Å². The molecule has 1 fully saturated rings. The second-order valence-corrected chi connectivity index (χ2v) is 4.93. The molecule has 2 nitrogen and oxygen atoms in total. The summed E-state index contributed by atoms with van der Waals surface area (Å²) in [5.74, 6) is -0.890. The summed E-state index contributed by atoms with van der Waals surface area (Å²) in [5, 5.41) is 8.90. The molecule has 0 radical (unpaired) electrons. The Morgan fingerprint density at radius 2 is 2.07 bits per heavy atom. The zero-order valence-corrected chi connectivity index (χ0v) is 9.41. The Bertz CT molecular complexity index is 371. The largest absolute Gasteiger partial charge is 0.481 e. The highest BCUT2D eigenvalue weighted by Gasteiger charge is 2.55. The quantitative estimate of drug-likeness (QED) is 0.882. The van der Waals surface area contributed by atoms with Crippen LogP contribution in [0.2, 0.25) is 0 Å². The third-order valence-electron chi connectivity index (χ3n) is 3.04. The predicted octanol–water partition coefficient (Wildman–Crippen LogP) is 2.81. The lowest BCUT2D eigenvalue weighted by Gasteiger charge is -2.09. The SMILES string of the molecule is CC1(c2ccc(Br)cc2)CC1C(=O)O. The number of rotatable bonds is 2. The summed E-state index contributed by atoms with van der Waals surface area (Å²) in [7, 11) is 0. The number of halogens is 1. The third kappa shape index (κ3) is 1.46. The van der Waals surface area contributed by atoms with Crippen molar-refractivity contribution in [1.29, 1.82) is 0 Å². The number of hydrogen-bond acceptors (Lipinski definition) is 1. The minimum atomic E-state index is -0.685. The fourth-order valence-corrected chi connectivity index (χ4v) is 2.14. The summed E-state index contributed by atoms with van der Waals surface area (Å²) in [4.78, 5) is 10.8. The number of hydrogen-bond donors (Lipinski definition) is 1. The van der Waals surface area contributed by atoms with Gasteiger partial charge < -0.3 is 5.11 Å². The Morgan fingerprint density at radius 1 is 1.50 bits per heavy atom. The van der Waals surface area contributed by atoms with Gasteiger partial charge in [-0.3, -0.25) is 4.79 Å². The van der Waals surface area contributed by atoms with E-state index in [4.69, 9.17) is 5.11 Å². The lowest BCUT2D eigenvalue weighted by atomic mass is 9.96. The Labute approximate surface area is 91.1 Å². The van der Waals surface area contributed by atoms with E-state index in [0.29, 0.717) is 0 Å². The molecule has 0 bridgehead atoms. The molecule has 0 amide bonds. The van der Waals surface area contributed by atoms with Crippen LogP contribution in [0.4, 0.5) is 0 Å². The standard InChI is InChI=1S/C11H11BrO2/c1-11(6-9(11)10(13)14)7-2-4-8(12)5-3-7/h2-5,9H,6H2,1H3,(H,13,14). The molecule has 0 aliphatic heterocycles. The summed E-state index contributed by atoms with van der Waals surface area (Å²) in [5.41, 5.74) is 0.972. The van der Waals surface area contributed by atoms with Gasteiger partial charge >= 0.3 is 5.97 Å². The maximum atomic E-state index is 10.8. The molecule has 74 valence electrons. The van der Waals surface area contributed by atoms with Gasteiger partial charge in [-0.25, -0.2) is 0 Å². The molecule has 0 saturated heterocycles. The van der Waals surface area contributed by atoms with Crippen LogP contribution in [0.25, 0.3) is 0 Å². The van der Waals surface area contributed by atoms with Crippen LogP contribution in [0.3, 0.4) is 0 Å². The van der Waals surface area contributed by atoms with Crippen molar-refractivity contribution in [2.45, 2.75) is 18.8 Å². The molecule has 2 rings (SSSR count). The van der Waals surface area contributed by atoms with E-state index in [1.165, 1.54) is 0 Å². The first kappa shape index (κ1) is 9.71. The minimum absolute atomic E-state index is 0.146. The van der Waals surface area contributed by atoms with Crippen LogP contribution in [0.1, 0.15) is 18.9 Å². The van der Waals surface area contributed by atoms with Crippen LogP contribution in [0.15, 0.2) is 28.7 Å². The average Bonchev–Trinajstić information content (AvgIpc) is 2.80. The van der Waals surface area contributed by atoms with E-state index in [9.17, 15) is 4.79 Å². The fraction of sp³-hybridized carbons (Fsp3) is 0.364. The highest BCUT2D eigenvalue weighted by Crippen LogP contribution is 2.54. The minimum Gasteiger partial charge on any atom is -0.481 e. The topological polar surface area (TPSA) is 37.3 Å². The van der Waals surface area contributed by atoms with E-state index in [-0.39, 0.29) is 11.3 Å². The Balaban J connectivity index is 2.25. The zero-order valence-electron chi connectivity index (χ0n) is 7.83. The van der Waals surface area contributed by atoms with Gasteiger partial charge in [-0.15, -0.1) is 0 Å². The van der Waals surface area contributed by atoms with Crippen molar-refractivity contribution in [3.05, 3.63) is 34.3 Å². The van der Waals surface area contributed by atoms with Crippen molar-refractivity contribution < 1.29 is 9.90 Å². The lowest BCUT2D eigenvalue weighted by Crippen LogP contribution is -2.10. The first-order valence-electron chi connectivity index (χ1n) is 4.53. The van der Waals surface area contributed by atoms with Gasteiger partial charge in [-0.05, 0) is 24.1 Å². The molecule has 1 aliphatic rings. The van der Waals surface area contributed by atoms with Gasteiger partial charge in [0.05, 0.1) is 5.92 Å². The van der Waals surface area contributed by atoms with E-state index in [1.807, 2.05) is 31.2 Å². The van der Waals surface area contributed by atoms with Gasteiger partial charge in [0.25, 0.3) is 0 Å². The molecule has 2 unspecified atom stereocenters. The Hall–Kier alpha value is -0.830. The number of carboxylic acids is 1. The second kappa shape index (κ2) is 3.09. The first-order valence-corrected chi connectivity index (χ1v) is 5.32.